The van der Waals surface area contributed by atoms with Crippen LogP contribution in [0.2, 0.25) is 0 Å². The van der Waals surface area contributed by atoms with Gasteiger partial charge in [0.25, 0.3) is 11.4 Å². The van der Waals surface area contributed by atoms with Crippen LogP contribution >= 0.6 is 0 Å². The molecule has 3 aromatic heterocycles. The van der Waals surface area contributed by atoms with E-state index in [0.29, 0.717) is 11.3 Å². The molecule has 0 saturated heterocycles. The van der Waals surface area contributed by atoms with E-state index in [1.807, 2.05) is 95.6 Å². The van der Waals surface area contributed by atoms with Crippen molar-refractivity contribution in [1.82, 2.24) is 19.1 Å². The molecule has 0 unspecified atom stereocenters. The number of pyridine rings is 2. The van der Waals surface area contributed by atoms with Gasteiger partial charge in [-0.1, -0.05) is 70.6 Å². The Morgan fingerprint density at radius 2 is 1.39 bits per heavy atom. The molecule has 6 heteroatoms. The Kier molecular flexibility index (Phi) is 7.44. The van der Waals surface area contributed by atoms with E-state index in [0.717, 1.165) is 44.8 Å². The Morgan fingerprint density at radius 1 is 0.634 bits per heavy atom. The molecule has 0 amide bonds. The summed E-state index contributed by atoms with van der Waals surface area (Å²) in [7, 11) is 0. The molecule has 0 saturated carbocycles. The number of hydrogen-bond acceptors (Lipinski definition) is 3. The Hall–Kier alpha value is -4.99. The maximum Gasteiger partial charge on any atom is 0.501 e. The van der Waals surface area contributed by atoms with Crippen LogP contribution in [0.4, 0.5) is 22.7 Å². The zero-order valence-electron chi connectivity index (χ0n) is 21.7. The first kappa shape index (κ1) is 26.2. The molecule has 0 N–H and O–H groups in total. The van der Waals surface area contributed by atoms with Gasteiger partial charge in [0.1, 0.15) is 5.69 Å². The standard InChI is InChI=1S/C24H14N3O.C11H8N.Ir/c1-2-7-17(8-3-1)26-16-27(22-11-5-4-10-21(22)26)18-12-13-19-20-9-6-14-25-24(20)28-23(19)15-18;1-2-6-10(7-3-1)11-8-4-5-9-12-11;/h1-14H;1-6,8-9H;/q+1;-1;. The Bertz CT molecular complexity index is 1990. The number of hydrogen-bond donors (Lipinski definition) is 0. The fourth-order valence-corrected chi connectivity index (χ4v) is 4.74. The third-order valence-electron chi connectivity index (χ3n) is 6.62. The van der Waals surface area contributed by atoms with Crippen molar-refractivity contribution >= 4 is 50.8 Å². The fourth-order valence-electron chi connectivity index (χ4n) is 4.74. The van der Waals surface area contributed by atoms with Crippen molar-refractivity contribution in [3.63, 3.8) is 0 Å². The van der Waals surface area contributed by atoms with E-state index >= 15 is 0 Å². The molecule has 5 nitrogen and oxygen atoms in total. The summed E-state index contributed by atoms with van der Waals surface area (Å²) in [6, 6.07) is 50.2. The quantitative estimate of drug-likeness (QED) is 0.138. The minimum atomic E-state index is 0. The molecule has 1 radical (unpaired) electrons. The van der Waals surface area contributed by atoms with Crippen molar-refractivity contribution in [2.45, 2.75) is 0 Å². The summed E-state index contributed by atoms with van der Waals surface area (Å²) < 4.78 is 10.00. The van der Waals surface area contributed by atoms with Crippen molar-refractivity contribution in [3.05, 3.63) is 146 Å². The van der Waals surface area contributed by atoms with E-state index in [1.54, 1.807) is 12.4 Å². The van der Waals surface area contributed by atoms with E-state index in [2.05, 4.69) is 63.0 Å². The van der Waals surface area contributed by atoms with E-state index in [1.165, 1.54) is 0 Å². The summed E-state index contributed by atoms with van der Waals surface area (Å²) in [6.07, 6.45) is 3.53. The van der Waals surface area contributed by atoms with Crippen LogP contribution < -0.4 is 9.15 Å². The van der Waals surface area contributed by atoms with Gasteiger partial charge >= 0.3 is 6.01 Å². The van der Waals surface area contributed by atoms with Crippen LogP contribution in [0.15, 0.2) is 138 Å². The van der Waals surface area contributed by atoms with E-state index in [9.17, 15) is 0 Å². The summed E-state index contributed by atoms with van der Waals surface area (Å²) in [6.45, 7) is 0. The van der Waals surface area contributed by atoms with Crippen LogP contribution in [0.3, 0.4) is 0 Å². The van der Waals surface area contributed by atoms with E-state index < -0.39 is 0 Å². The van der Waals surface area contributed by atoms with Gasteiger partial charge in [-0.15, -0.1) is 35.9 Å². The smallest absolute Gasteiger partial charge is 0.465 e. The van der Waals surface area contributed by atoms with E-state index in [4.69, 9.17) is 4.42 Å². The summed E-state index contributed by atoms with van der Waals surface area (Å²) in [5.41, 5.74) is 7.40. The molecule has 0 fully saturated rings. The number of fused-ring (bicyclic) bond motifs is 4. The predicted molar refractivity (Wildman–Crippen MR) is 160 cm³/mol. The van der Waals surface area contributed by atoms with Gasteiger partial charge < -0.3 is 9.40 Å². The SMILES string of the molecule is C1=[N+](c2[c-]c3oc4ncccc4c3cc2)c2ccccc2[N+]=1c1ccccc1.[Ir].[c-]1ccccc1-c1ccccn1. The van der Waals surface area contributed by atoms with Crippen molar-refractivity contribution in [1.29, 1.82) is 0 Å². The number of nitrogens with zero attached hydrogens (tertiary/aromatic N) is 4. The van der Waals surface area contributed by atoms with Crippen molar-refractivity contribution in [3.8, 4) is 11.3 Å². The van der Waals surface area contributed by atoms with Gasteiger partial charge in [-0.05, 0) is 27.8 Å². The second-order valence-electron chi connectivity index (χ2n) is 9.13. The van der Waals surface area contributed by atoms with Gasteiger partial charge in [-0.2, -0.15) is 6.07 Å². The molecular formula is C35H22IrN4O. The number of furan rings is 1. The van der Waals surface area contributed by atoms with Gasteiger partial charge in [0.05, 0.1) is 0 Å². The van der Waals surface area contributed by atoms with E-state index in [-0.39, 0.29) is 20.1 Å². The topological polar surface area (TPSA) is 44.9 Å². The Morgan fingerprint density at radius 3 is 2.17 bits per heavy atom. The largest absolute Gasteiger partial charge is 0.501 e. The van der Waals surface area contributed by atoms with Gasteiger partial charge in [0.15, 0.2) is 0 Å². The average Bonchev–Trinajstić information content (AvgIpc) is 3.61. The molecule has 41 heavy (non-hydrogen) atoms. The molecule has 8 rings (SSSR count). The van der Waals surface area contributed by atoms with Gasteiger partial charge in [0.2, 0.25) is 11.4 Å². The second-order valence-corrected chi connectivity index (χ2v) is 9.13. The minimum Gasteiger partial charge on any atom is -0.465 e. The summed E-state index contributed by atoms with van der Waals surface area (Å²) >= 11 is 0. The molecular weight excluding hydrogens is 685 g/mol. The first-order valence-corrected chi connectivity index (χ1v) is 12.9. The molecule has 1 aliphatic heterocycles. The van der Waals surface area contributed by atoms with Crippen molar-refractivity contribution in [2.75, 3.05) is 0 Å². The Labute approximate surface area is 250 Å². The maximum atomic E-state index is 5.92. The predicted octanol–water partition coefficient (Wildman–Crippen LogP) is 8.18. The Balaban J connectivity index is 0.000000196. The fraction of sp³-hybridized carbons (Fsp3) is 0. The van der Waals surface area contributed by atoms with Crippen molar-refractivity contribution < 1.29 is 24.5 Å². The molecule has 1 aliphatic rings. The van der Waals surface area contributed by atoms with Crippen LogP contribution in [-0.2, 0) is 20.1 Å². The molecule has 0 atom stereocenters. The maximum absolute atomic E-state index is 5.92. The molecule has 0 bridgehead atoms. The van der Waals surface area contributed by atoms with Crippen LogP contribution in [0.1, 0.15) is 0 Å². The number of rotatable bonds is 3. The normalized spacial score (nSPS) is 11.6. The van der Waals surface area contributed by atoms with Gasteiger partial charge in [0, 0.05) is 62.3 Å². The molecule has 7 aromatic rings. The third-order valence-corrected chi connectivity index (χ3v) is 6.62. The zero-order valence-corrected chi connectivity index (χ0v) is 24.1. The zero-order chi connectivity index (χ0) is 26.7. The molecule has 4 aromatic carbocycles. The minimum absolute atomic E-state index is 0. The first-order chi connectivity index (χ1) is 19.8. The van der Waals surface area contributed by atoms with Gasteiger partial charge in [-0.3, -0.25) is 0 Å². The third kappa shape index (κ3) is 5.16. The molecule has 0 aliphatic carbocycles. The number of benzene rings is 4. The monoisotopic (exact) mass is 707 g/mol. The van der Waals surface area contributed by atoms with Gasteiger partial charge in [-0.25, -0.2) is 4.98 Å². The second kappa shape index (κ2) is 11.6. The van der Waals surface area contributed by atoms with Crippen LogP contribution in [0.5, 0.6) is 0 Å². The summed E-state index contributed by atoms with van der Waals surface area (Å²) in [5.74, 6) is 0. The molecule has 197 valence electrons. The van der Waals surface area contributed by atoms with Crippen molar-refractivity contribution in [2.24, 2.45) is 0 Å². The molecule has 4 heterocycles. The summed E-state index contributed by atoms with van der Waals surface area (Å²) in [5, 5.41) is 2.01. The number of aromatic nitrogens is 2. The van der Waals surface area contributed by atoms with Crippen LogP contribution in [0.25, 0.3) is 33.3 Å². The van der Waals surface area contributed by atoms with Crippen LogP contribution in [-0.4, -0.2) is 16.0 Å². The summed E-state index contributed by atoms with van der Waals surface area (Å²) in [4.78, 5) is 8.53. The van der Waals surface area contributed by atoms with Crippen LogP contribution in [0, 0.1) is 12.1 Å². The average molecular weight is 707 g/mol. The molecule has 0 spiro atoms. The first-order valence-electron chi connectivity index (χ1n) is 12.9. The number of para-hydroxylation sites is 3.